The maximum atomic E-state index is 5.93. The zero-order valence-electron chi connectivity index (χ0n) is 8.77. The maximum absolute atomic E-state index is 5.93. The number of aromatic nitrogens is 3. The van der Waals surface area contributed by atoms with Crippen molar-refractivity contribution in [1.82, 2.24) is 15.1 Å². The lowest BCUT2D eigenvalue weighted by atomic mass is 10.4. The van der Waals surface area contributed by atoms with E-state index < -0.39 is 0 Å². The van der Waals surface area contributed by atoms with Crippen molar-refractivity contribution >= 4 is 17.4 Å². The minimum absolute atomic E-state index is 0.601. The summed E-state index contributed by atoms with van der Waals surface area (Å²) in [5.74, 6) is 1.92. The molecule has 16 heavy (non-hydrogen) atoms. The Hall–Kier alpha value is -1.62. The van der Waals surface area contributed by atoms with E-state index in [1.54, 1.807) is 25.3 Å². The van der Waals surface area contributed by atoms with Gasteiger partial charge in [-0.2, -0.15) is 4.98 Å². The highest BCUT2D eigenvalue weighted by Gasteiger charge is 2.03. The summed E-state index contributed by atoms with van der Waals surface area (Å²) in [4.78, 5) is 8.20. The molecule has 0 aliphatic heterocycles. The number of hydrogen-bond acceptors (Lipinski definition) is 5. The van der Waals surface area contributed by atoms with Gasteiger partial charge in [-0.05, 0) is 19.1 Å². The minimum Gasteiger partial charge on any atom is -0.368 e. The molecule has 1 N–H and O–H groups in total. The Bertz CT molecular complexity index is 471. The average Bonchev–Trinajstić information content (AvgIpc) is 2.67. The molecule has 0 unspecified atom stereocenters. The quantitative estimate of drug-likeness (QED) is 0.884. The first kappa shape index (κ1) is 10.9. The van der Waals surface area contributed by atoms with Gasteiger partial charge in [0.05, 0.1) is 5.02 Å². The molecule has 0 aromatic carbocycles. The Morgan fingerprint density at radius 1 is 1.50 bits per heavy atom. The van der Waals surface area contributed by atoms with E-state index in [9.17, 15) is 0 Å². The fourth-order valence-electron chi connectivity index (χ4n) is 1.25. The molecule has 2 rings (SSSR count). The van der Waals surface area contributed by atoms with Crippen LogP contribution >= 0.6 is 11.6 Å². The molecule has 0 aliphatic carbocycles. The molecule has 0 radical (unpaired) electrons. The summed E-state index contributed by atoms with van der Waals surface area (Å²) in [6, 6.07) is 3.57. The maximum Gasteiger partial charge on any atom is 0.228 e. The Labute approximate surface area is 97.8 Å². The SMILES string of the molecule is Cc1noc(CCNc2ncccc2Cl)n1. The van der Waals surface area contributed by atoms with Crippen molar-refractivity contribution in [2.75, 3.05) is 11.9 Å². The van der Waals surface area contributed by atoms with Gasteiger partial charge >= 0.3 is 0 Å². The van der Waals surface area contributed by atoms with Gasteiger partial charge in [0.1, 0.15) is 5.82 Å². The normalized spacial score (nSPS) is 10.4. The van der Waals surface area contributed by atoms with E-state index >= 15 is 0 Å². The molecule has 2 aromatic heterocycles. The molecule has 5 nitrogen and oxygen atoms in total. The van der Waals surface area contributed by atoms with E-state index in [0.29, 0.717) is 35.5 Å². The molecular weight excluding hydrogens is 228 g/mol. The number of nitrogens with zero attached hydrogens (tertiary/aromatic N) is 3. The van der Waals surface area contributed by atoms with Crippen LogP contribution in [0.5, 0.6) is 0 Å². The largest absolute Gasteiger partial charge is 0.368 e. The predicted octanol–water partition coefficient (Wildman–Crippen LogP) is 2.08. The lowest BCUT2D eigenvalue weighted by Crippen LogP contribution is -2.06. The van der Waals surface area contributed by atoms with E-state index in [-0.39, 0.29) is 0 Å². The van der Waals surface area contributed by atoms with Gasteiger partial charge in [-0.15, -0.1) is 0 Å². The highest BCUT2D eigenvalue weighted by Crippen LogP contribution is 2.16. The van der Waals surface area contributed by atoms with Crippen LogP contribution in [0.3, 0.4) is 0 Å². The minimum atomic E-state index is 0.601. The number of hydrogen-bond donors (Lipinski definition) is 1. The summed E-state index contributed by atoms with van der Waals surface area (Å²) in [6.45, 7) is 2.44. The number of anilines is 1. The Balaban J connectivity index is 1.87. The number of pyridine rings is 1. The van der Waals surface area contributed by atoms with Gasteiger partial charge in [0, 0.05) is 19.2 Å². The molecule has 0 spiro atoms. The first-order valence-corrected chi connectivity index (χ1v) is 5.27. The molecular formula is C10H11ClN4O. The summed E-state index contributed by atoms with van der Waals surface area (Å²) < 4.78 is 4.98. The van der Waals surface area contributed by atoms with Gasteiger partial charge in [0.2, 0.25) is 5.89 Å². The Morgan fingerprint density at radius 2 is 2.38 bits per heavy atom. The number of nitrogens with one attached hydrogen (secondary N) is 1. The van der Waals surface area contributed by atoms with Crippen molar-refractivity contribution in [3.05, 3.63) is 35.1 Å². The topological polar surface area (TPSA) is 63.8 Å². The van der Waals surface area contributed by atoms with E-state index in [0.717, 1.165) is 0 Å². The zero-order valence-corrected chi connectivity index (χ0v) is 9.53. The van der Waals surface area contributed by atoms with Gasteiger partial charge in [0.15, 0.2) is 5.82 Å². The van der Waals surface area contributed by atoms with Crippen LogP contribution in [0.15, 0.2) is 22.9 Å². The summed E-state index contributed by atoms with van der Waals surface area (Å²) in [6.07, 6.45) is 2.33. The van der Waals surface area contributed by atoms with Crippen molar-refractivity contribution < 1.29 is 4.52 Å². The van der Waals surface area contributed by atoms with E-state index in [4.69, 9.17) is 16.1 Å². The highest BCUT2D eigenvalue weighted by molar-refractivity contribution is 6.32. The van der Waals surface area contributed by atoms with Gasteiger partial charge in [0.25, 0.3) is 0 Å². The van der Waals surface area contributed by atoms with Crippen LogP contribution in [0.4, 0.5) is 5.82 Å². The molecule has 2 heterocycles. The molecule has 0 saturated heterocycles. The van der Waals surface area contributed by atoms with Crippen molar-refractivity contribution in [1.29, 1.82) is 0 Å². The summed E-state index contributed by atoms with van der Waals surface area (Å²) in [5.41, 5.74) is 0. The molecule has 0 saturated carbocycles. The average molecular weight is 239 g/mol. The van der Waals surface area contributed by atoms with E-state index in [1.165, 1.54) is 0 Å². The fraction of sp³-hybridized carbons (Fsp3) is 0.300. The van der Waals surface area contributed by atoms with Crippen LogP contribution in [0.1, 0.15) is 11.7 Å². The van der Waals surface area contributed by atoms with Crippen LogP contribution in [-0.2, 0) is 6.42 Å². The van der Waals surface area contributed by atoms with Crippen LogP contribution in [0, 0.1) is 6.92 Å². The first-order chi connectivity index (χ1) is 7.75. The monoisotopic (exact) mass is 238 g/mol. The summed E-state index contributed by atoms with van der Waals surface area (Å²) in [5, 5.41) is 7.41. The third-order valence-electron chi connectivity index (χ3n) is 1.96. The Kier molecular flexibility index (Phi) is 3.36. The molecule has 0 amide bonds. The zero-order chi connectivity index (χ0) is 11.4. The van der Waals surface area contributed by atoms with Gasteiger partial charge < -0.3 is 9.84 Å². The van der Waals surface area contributed by atoms with Crippen LogP contribution in [0.2, 0.25) is 5.02 Å². The smallest absolute Gasteiger partial charge is 0.228 e. The second kappa shape index (κ2) is 4.94. The molecule has 0 aliphatic rings. The first-order valence-electron chi connectivity index (χ1n) is 4.89. The van der Waals surface area contributed by atoms with Crippen molar-refractivity contribution in [3.8, 4) is 0 Å². The number of aryl methyl sites for hydroxylation is 1. The fourth-order valence-corrected chi connectivity index (χ4v) is 1.43. The standard InChI is InChI=1S/C10H11ClN4O/c1-7-14-9(16-15-7)4-6-13-10-8(11)3-2-5-12-10/h2-3,5H,4,6H2,1H3,(H,12,13). The van der Waals surface area contributed by atoms with Gasteiger partial charge in [-0.25, -0.2) is 4.98 Å². The second-order valence-corrected chi connectivity index (χ2v) is 3.65. The molecule has 0 bridgehead atoms. The molecule has 6 heteroatoms. The van der Waals surface area contributed by atoms with E-state index in [2.05, 4.69) is 20.4 Å². The predicted molar refractivity (Wildman–Crippen MR) is 60.5 cm³/mol. The molecule has 0 atom stereocenters. The molecule has 2 aromatic rings. The summed E-state index contributed by atoms with van der Waals surface area (Å²) in [7, 11) is 0. The van der Waals surface area contributed by atoms with Crippen LogP contribution in [0.25, 0.3) is 0 Å². The third-order valence-corrected chi connectivity index (χ3v) is 2.26. The van der Waals surface area contributed by atoms with Crippen LogP contribution in [-0.4, -0.2) is 21.7 Å². The molecule has 0 fully saturated rings. The Morgan fingerprint density at radius 3 is 3.06 bits per heavy atom. The lowest BCUT2D eigenvalue weighted by Gasteiger charge is -2.04. The van der Waals surface area contributed by atoms with Gasteiger partial charge in [-0.3, -0.25) is 0 Å². The number of halogens is 1. The van der Waals surface area contributed by atoms with Crippen molar-refractivity contribution in [2.24, 2.45) is 0 Å². The van der Waals surface area contributed by atoms with Crippen molar-refractivity contribution in [3.63, 3.8) is 0 Å². The van der Waals surface area contributed by atoms with E-state index in [1.807, 2.05) is 0 Å². The van der Waals surface area contributed by atoms with Crippen LogP contribution < -0.4 is 5.32 Å². The van der Waals surface area contributed by atoms with Gasteiger partial charge in [-0.1, -0.05) is 16.8 Å². The third kappa shape index (κ3) is 2.70. The highest BCUT2D eigenvalue weighted by atomic mass is 35.5. The summed E-state index contributed by atoms with van der Waals surface area (Å²) >= 11 is 5.93. The van der Waals surface area contributed by atoms with Crippen molar-refractivity contribution in [2.45, 2.75) is 13.3 Å². The lowest BCUT2D eigenvalue weighted by molar-refractivity contribution is 0.377. The second-order valence-electron chi connectivity index (χ2n) is 3.25. The molecule has 84 valence electrons. The number of rotatable bonds is 4.